The molecule has 0 bridgehead atoms. The molecule has 0 spiro atoms. The molecule has 0 saturated heterocycles. The van der Waals surface area contributed by atoms with E-state index in [9.17, 15) is 0 Å². The lowest BCUT2D eigenvalue weighted by molar-refractivity contribution is 0.759. The summed E-state index contributed by atoms with van der Waals surface area (Å²) < 4.78 is 1.69. The molecule has 2 aromatic rings. The third kappa shape index (κ3) is 1.37. The highest BCUT2D eigenvalue weighted by atomic mass is 35.5. The van der Waals surface area contributed by atoms with Gasteiger partial charge in [-0.15, -0.1) is 0 Å². The molecule has 0 unspecified atom stereocenters. The molecule has 2 heterocycles. The van der Waals surface area contributed by atoms with Crippen LogP contribution in [0.4, 0.5) is 0 Å². The standard InChI is InChI=1S/C9H9ClN4/c1-6-7(10)8(14(2)13-6)9-11-4-3-5-12-9/h3-5H,1-2H3. The molecule has 2 rings (SSSR count). The summed E-state index contributed by atoms with van der Waals surface area (Å²) in [6.45, 7) is 1.86. The molecule has 0 amide bonds. The van der Waals surface area contributed by atoms with Crippen molar-refractivity contribution in [1.29, 1.82) is 0 Å². The highest BCUT2D eigenvalue weighted by Gasteiger charge is 2.14. The van der Waals surface area contributed by atoms with Gasteiger partial charge in [-0.2, -0.15) is 5.10 Å². The summed E-state index contributed by atoms with van der Waals surface area (Å²) in [5, 5.41) is 4.80. The third-order valence-corrected chi connectivity index (χ3v) is 2.38. The van der Waals surface area contributed by atoms with Gasteiger partial charge in [0.05, 0.1) is 10.7 Å². The first-order valence-corrected chi connectivity index (χ1v) is 4.54. The molecule has 2 aromatic heterocycles. The molecule has 0 aliphatic rings. The van der Waals surface area contributed by atoms with Crippen molar-refractivity contribution < 1.29 is 0 Å². The molecule has 0 N–H and O–H groups in total. The van der Waals surface area contributed by atoms with Crippen molar-refractivity contribution in [1.82, 2.24) is 19.7 Å². The van der Waals surface area contributed by atoms with Crippen LogP contribution < -0.4 is 0 Å². The smallest absolute Gasteiger partial charge is 0.179 e. The van der Waals surface area contributed by atoms with Gasteiger partial charge in [-0.05, 0) is 13.0 Å². The molecule has 0 fully saturated rings. The second kappa shape index (κ2) is 3.38. The zero-order chi connectivity index (χ0) is 10.1. The predicted molar refractivity (Wildman–Crippen MR) is 54.0 cm³/mol. The highest BCUT2D eigenvalue weighted by Crippen LogP contribution is 2.26. The maximum atomic E-state index is 6.09. The van der Waals surface area contributed by atoms with Crippen LogP contribution in [0, 0.1) is 6.92 Å². The Morgan fingerprint density at radius 1 is 1.29 bits per heavy atom. The van der Waals surface area contributed by atoms with Crippen LogP contribution in [0.15, 0.2) is 18.5 Å². The van der Waals surface area contributed by atoms with Gasteiger partial charge in [-0.25, -0.2) is 9.97 Å². The Morgan fingerprint density at radius 3 is 2.43 bits per heavy atom. The quantitative estimate of drug-likeness (QED) is 0.718. The highest BCUT2D eigenvalue weighted by molar-refractivity contribution is 6.33. The van der Waals surface area contributed by atoms with Gasteiger partial charge in [0.2, 0.25) is 0 Å². The summed E-state index contributed by atoms with van der Waals surface area (Å²) >= 11 is 6.09. The summed E-state index contributed by atoms with van der Waals surface area (Å²) in [6, 6.07) is 1.76. The summed E-state index contributed by atoms with van der Waals surface area (Å²) in [6.07, 6.45) is 3.36. The van der Waals surface area contributed by atoms with E-state index in [1.54, 1.807) is 23.1 Å². The zero-order valence-corrected chi connectivity index (χ0v) is 8.65. The molecule has 0 saturated carbocycles. The van der Waals surface area contributed by atoms with E-state index in [2.05, 4.69) is 15.1 Å². The van der Waals surface area contributed by atoms with Gasteiger partial charge in [0.25, 0.3) is 0 Å². The molecule has 14 heavy (non-hydrogen) atoms. The molecular formula is C9H9ClN4. The van der Waals surface area contributed by atoms with Crippen molar-refractivity contribution in [2.45, 2.75) is 6.92 Å². The molecule has 72 valence electrons. The first-order valence-electron chi connectivity index (χ1n) is 4.16. The maximum absolute atomic E-state index is 6.09. The largest absolute Gasteiger partial charge is 0.263 e. The predicted octanol–water partition coefficient (Wildman–Crippen LogP) is 1.84. The van der Waals surface area contributed by atoms with E-state index in [1.807, 2.05) is 14.0 Å². The second-order valence-electron chi connectivity index (χ2n) is 2.94. The van der Waals surface area contributed by atoms with Crippen molar-refractivity contribution in [2.24, 2.45) is 7.05 Å². The number of halogens is 1. The fourth-order valence-electron chi connectivity index (χ4n) is 1.30. The lowest BCUT2D eigenvalue weighted by Gasteiger charge is -1.99. The first-order chi connectivity index (χ1) is 6.70. The Morgan fingerprint density at radius 2 is 1.93 bits per heavy atom. The molecule has 5 heteroatoms. The topological polar surface area (TPSA) is 43.6 Å². The Hall–Kier alpha value is -1.42. The molecule has 0 aliphatic carbocycles. The molecule has 0 radical (unpaired) electrons. The lowest BCUT2D eigenvalue weighted by Crippen LogP contribution is -1.97. The monoisotopic (exact) mass is 208 g/mol. The number of nitrogens with zero attached hydrogens (tertiary/aromatic N) is 4. The van der Waals surface area contributed by atoms with Crippen LogP contribution in [0.1, 0.15) is 5.69 Å². The second-order valence-corrected chi connectivity index (χ2v) is 3.32. The zero-order valence-electron chi connectivity index (χ0n) is 7.90. The van der Waals surface area contributed by atoms with E-state index in [0.717, 1.165) is 11.4 Å². The van der Waals surface area contributed by atoms with E-state index < -0.39 is 0 Å². The van der Waals surface area contributed by atoms with Gasteiger partial charge in [-0.3, -0.25) is 4.68 Å². The van der Waals surface area contributed by atoms with Crippen molar-refractivity contribution in [3.63, 3.8) is 0 Å². The van der Waals surface area contributed by atoms with Crippen LogP contribution in [0.5, 0.6) is 0 Å². The Kier molecular flexibility index (Phi) is 2.21. The van der Waals surface area contributed by atoms with Gasteiger partial charge in [0.15, 0.2) is 5.82 Å². The lowest BCUT2D eigenvalue weighted by atomic mass is 10.3. The van der Waals surface area contributed by atoms with Crippen LogP contribution in [0.2, 0.25) is 5.02 Å². The van der Waals surface area contributed by atoms with Crippen molar-refractivity contribution in [3.05, 3.63) is 29.2 Å². The van der Waals surface area contributed by atoms with Crippen LogP contribution in [0.3, 0.4) is 0 Å². The number of aromatic nitrogens is 4. The van der Waals surface area contributed by atoms with Gasteiger partial charge in [0, 0.05) is 19.4 Å². The number of aryl methyl sites for hydroxylation is 2. The van der Waals surface area contributed by atoms with E-state index in [0.29, 0.717) is 10.8 Å². The first kappa shape index (κ1) is 9.15. The maximum Gasteiger partial charge on any atom is 0.179 e. The molecule has 0 aliphatic heterocycles. The van der Waals surface area contributed by atoms with E-state index >= 15 is 0 Å². The number of hydrogen-bond acceptors (Lipinski definition) is 3. The van der Waals surface area contributed by atoms with E-state index in [1.165, 1.54) is 0 Å². The van der Waals surface area contributed by atoms with Crippen LogP contribution >= 0.6 is 11.6 Å². The fourth-order valence-corrected chi connectivity index (χ4v) is 1.54. The minimum absolute atomic E-state index is 0.598. The third-order valence-electron chi connectivity index (χ3n) is 1.93. The van der Waals surface area contributed by atoms with E-state index in [-0.39, 0.29) is 0 Å². The van der Waals surface area contributed by atoms with E-state index in [4.69, 9.17) is 11.6 Å². The van der Waals surface area contributed by atoms with Crippen LogP contribution in [-0.2, 0) is 7.05 Å². The summed E-state index contributed by atoms with van der Waals surface area (Å²) in [4.78, 5) is 8.26. The van der Waals surface area contributed by atoms with Crippen LogP contribution in [0.25, 0.3) is 11.5 Å². The summed E-state index contributed by atoms with van der Waals surface area (Å²) in [5.41, 5.74) is 1.54. The van der Waals surface area contributed by atoms with Crippen molar-refractivity contribution in [3.8, 4) is 11.5 Å². The molecular weight excluding hydrogens is 200 g/mol. The SMILES string of the molecule is Cc1nn(C)c(-c2ncccn2)c1Cl. The minimum atomic E-state index is 0.598. The minimum Gasteiger partial charge on any atom is -0.263 e. The van der Waals surface area contributed by atoms with Crippen molar-refractivity contribution >= 4 is 11.6 Å². The molecule has 0 atom stereocenters. The Bertz CT molecular complexity index is 449. The average molecular weight is 209 g/mol. The van der Waals surface area contributed by atoms with Crippen molar-refractivity contribution in [2.75, 3.05) is 0 Å². The average Bonchev–Trinajstić information content (AvgIpc) is 2.43. The summed E-state index contributed by atoms with van der Waals surface area (Å²) in [7, 11) is 1.82. The summed E-state index contributed by atoms with van der Waals surface area (Å²) in [5.74, 6) is 0.598. The van der Waals surface area contributed by atoms with Gasteiger partial charge in [0.1, 0.15) is 5.69 Å². The Labute approximate surface area is 86.6 Å². The van der Waals surface area contributed by atoms with Gasteiger partial charge in [-0.1, -0.05) is 11.6 Å². The Balaban J connectivity index is 2.62. The van der Waals surface area contributed by atoms with Crippen LogP contribution in [-0.4, -0.2) is 19.7 Å². The van der Waals surface area contributed by atoms with Gasteiger partial charge >= 0.3 is 0 Å². The molecule has 0 aromatic carbocycles. The molecule has 4 nitrogen and oxygen atoms in total. The van der Waals surface area contributed by atoms with Gasteiger partial charge < -0.3 is 0 Å². The number of hydrogen-bond donors (Lipinski definition) is 0. The normalized spacial score (nSPS) is 10.5. The number of rotatable bonds is 1. The fraction of sp³-hybridized carbons (Fsp3) is 0.222.